The predicted molar refractivity (Wildman–Crippen MR) is 82.0 cm³/mol. The van der Waals surface area contributed by atoms with Gasteiger partial charge < -0.3 is 5.32 Å². The summed E-state index contributed by atoms with van der Waals surface area (Å²) in [7, 11) is -3.33. The third kappa shape index (κ3) is 4.28. The van der Waals surface area contributed by atoms with E-state index in [9.17, 15) is 18.5 Å². The monoisotopic (exact) mass is 348 g/mol. The van der Waals surface area contributed by atoms with Gasteiger partial charge >= 0.3 is 5.00 Å². The van der Waals surface area contributed by atoms with Gasteiger partial charge in [0.1, 0.15) is 0 Å². The van der Waals surface area contributed by atoms with Crippen LogP contribution in [0.4, 0.5) is 21.5 Å². The Hall–Kier alpha value is -1.91. The Morgan fingerprint density at radius 2 is 1.86 bits per heavy atom. The lowest BCUT2D eigenvalue weighted by Gasteiger charge is -2.05. The van der Waals surface area contributed by atoms with Crippen LogP contribution in [0.3, 0.4) is 0 Å². The molecule has 1 aromatic heterocycles. The first-order valence-corrected chi connectivity index (χ1v) is 8.49. The number of nitro groups is 1. The largest absolute Gasteiger partial charge is 0.364 e. The maximum absolute atomic E-state index is 11.1. The van der Waals surface area contributed by atoms with Crippen molar-refractivity contribution in [2.45, 2.75) is 0 Å². The molecule has 2 rings (SSSR count). The van der Waals surface area contributed by atoms with Crippen molar-refractivity contribution >= 4 is 54.5 Å². The summed E-state index contributed by atoms with van der Waals surface area (Å²) < 4.78 is 24.5. The number of nitrogens with zero attached hydrogens (tertiary/aromatic N) is 2. The van der Waals surface area contributed by atoms with E-state index in [1.54, 1.807) is 24.3 Å². The van der Waals surface area contributed by atoms with E-state index in [4.69, 9.17) is 11.6 Å². The molecule has 0 aliphatic carbocycles. The van der Waals surface area contributed by atoms with Crippen LogP contribution in [0.25, 0.3) is 0 Å². The van der Waals surface area contributed by atoms with Gasteiger partial charge in [-0.05, 0) is 35.6 Å². The molecule has 0 saturated heterocycles. The number of nitrogens with one attached hydrogen (secondary N) is 2. The molecule has 0 atom stereocenters. The summed E-state index contributed by atoms with van der Waals surface area (Å²) in [6.07, 6.45) is 1.05. The summed E-state index contributed by atoms with van der Waals surface area (Å²) in [6.45, 7) is 0. The van der Waals surface area contributed by atoms with Gasteiger partial charge in [0.15, 0.2) is 5.13 Å². The normalized spacial score (nSPS) is 11.1. The van der Waals surface area contributed by atoms with Gasteiger partial charge in [-0.1, -0.05) is 11.6 Å². The van der Waals surface area contributed by atoms with Crippen LogP contribution in [0.1, 0.15) is 0 Å². The molecule has 2 N–H and O–H groups in total. The Balaban J connectivity index is 2.13. The SMILES string of the molecule is CS(=O)(=O)Nc1ccc(Nc2nc(Cl)c([N+](=O)[O-])s2)cc1. The minimum absolute atomic E-state index is 0.178. The van der Waals surface area contributed by atoms with Crippen LogP contribution < -0.4 is 10.0 Å². The summed E-state index contributed by atoms with van der Waals surface area (Å²) in [4.78, 5) is 13.9. The molecule has 0 bridgehead atoms. The van der Waals surface area contributed by atoms with Crippen molar-refractivity contribution in [3.05, 3.63) is 39.5 Å². The van der Waals surface area contributed by atoms with Gasteiger partial charge in [-0.3, -0.25) is 14.8 Å². The van der Waals surface area contributed by atoms with E-state index < -0.39 is 14.9 Å². The molecule has 0 spiro atoms. The van der Waals surface area contributed by atoms with Crippen LogP contribution in [-0.2, 0) is 10.0 Å². The molecule has 2 aromatic rings. The molecule has 1 heterocycles. The van der Waals surface area contributed by atoms with Crippen LogP contribution in [0.15, 0.2) is 24.3 Å². The second-order valence-electron chi connectivity index (χ2n) is 3.95. The highest BCUT2D eigenvalue weighted by Crippen LogP contribution is 2.35. The fraction of sp³-hybridized carbons (Fsp3) is 0.100. The molecular weight excluding hydrogens is 340 g/mol. The standard InChI is InChI=1S/C10H9ClN4O4S2/c1-21(18,19)14-7-4-2-6(3-5-7)12-10-13-8(11)9(20-10)15(16)17/h2-5,14H,1H3,(H,12,13). The molecule has 0 amide bonds. The minimum Gasteiger partial charge on any atom is -0.331 e. The van der Waals surface area contributed by atoms with Crippen LogP contribution in [0.5, 0.6) is 0 Å². The Bertz CT molecular complexity index is 773. The molecule has 1 aromatic carbocycles. The molecule has 0 unspecified atom stereocenters. The topological polar surface area (TPSA) is 114 Å². The first-order chi connectivity index (χ1) is 9.74. The first kappa shape index (κ1) is 15.5. The van der Waals surface area contributed by atoms with Crippen molar-refractivity contribution in [2.24, 2.45) is 0 Å². The number of benzene rings is 1. The second-order valence-corrected chi connectivity index (χ2v) is 7.03. The Morgan fingerprint density at radius 3 is 2.33 bits per heavy atom. The van der Waals surface area contributed by atoms with E-state index in [2.05, 4.69) is 15.0 Å². The summed E-state index contributed by atoms with van der Waals surface area (Å²) >= 11 is 6.46. The molecule has 0 saturated carbocycles. The number of thiazole rings is 1. The van der Waals surface area contributed by atoms with Gasteiger partial charge in [-0.15, -0.1) is 0 Å². The van der Waals surface area contributed by atoms with Crippen LogP contribution in [0.2, 0.25) is 5.15 Å². The van der Waals surface area contributed by atoms with Crippen molar-refractivity contribution in [1.82, 2.24) is 4.98 Å². The van der Waals surface area contributed by atoms with Gasteiger partial charge in [0.05, 0.1) is 11.2 Å². The molecule has 0 aliphatic heterocycles. The van der Waals surface area contributed by atoms with Gasteiger partial charge in [0.2, 0.25) is 15.2 Å². The van der Waals surface area contributed by atoms with E-state index in [0.717, 1.165) is 17.6 Å². The summed E-state index contributed by atoms with van der Waals surface area (Å²) in [6, 6.07) is 6.31. The maximum Gasteiger partial charge on any atom is 0.364 e. The third-order valence-corrected chi connectivity index (χ3v) is 4.08. The van der Waals surface area contributed by atoms with Gasteiger partial charge in [0.25, 0.3) is 0 Å². The van der Waals surface area contributed by atoms with Crippen molar-refractivity contribution in [3.63, 3.8) is 0 Å². The summed E-state index contributed by atoms with van der Waals surface area (Å²) in [5.74, 6) is 0. The highest BCUT2D eigenvalue weighted by Gasteiger charge is 2.19. The minimum atomic E-state index is -3.33. The summed E-state index contributed by atoms with van der Waals surface area (Å²) in [5, 5.41) is 13.4. The summed E-state index contributed by atoms with van der Waals surface area (Å²) in [5.41, 5.74) is 1.00. The number of hydrogen-bond donors (Lipinski definition) is 2. The molecule has 0 radical (unpaired) electrons. The second kappa shape index (κ2) is 5.84. The zero-order valence-corrected chi connectivity index (χ0v) is 12.9. The Labute approximate surface area is 129 Å². The smallest absolute Gasteiger partial charge is 0.331 e. The lowest BCUT2D eigenvalue weighted by atomic mass is 10.3. The van der Waals surface area contributed by atoms with Crippen molar-refractivity contribution < 1.29 is 13.3 Å². The fourth-order valence-electron chi connectivity index (χ4n) is 1.42. The Kier molecular flexibility index (Phi) is 4.30. The zero-order valence-electron chi connectivity index (χ0n) is 10.5. The average molecular weight is 349 g/mol. The zero-order chi connectivity index (χ0) is 15.6. The van der Waals surface area contributed by atoms with Crippen molar-refractivity contribution in [3.8, 4) is 0 Å². The number of halogens is 1. The highest BCUT2D eigenvalue weighted by atomic mass is 35.5. The average Bonchev–Trinajstić information content (AvgIpc) is 2.71. The molecular formula is C10H9ClN4O4S2. The number of sulfonamides is 1. The molecule has 0 aliphatic rings. The number of hydrogen-bond acceptors (Lipinski definition) is 7. The third-order valence-electron chi connectivity index (χ3n) is 2.17. The van der Waals surface area contributed by atoms with Gasteiger partial charge in [0, 0.05) is 11.4 Å². The number of aromatic nitrogens is 1. The van der Waals surface area contributed by atoms with Crippen LogP contribution in [0, 0.1) is 10.1 Å². The van der Waals surface area contributed by atoms with E-state index in [0.29, 0.717) is 11.4 Å². The number of anilines is 3. The van der Waals surface area contributed by atoms with E-state index in [-0.39, 0.29) is 15.3 Å². The van der Waals surface area contributed by atoms with Gasteiger partial charge in [-0.25, -0.2) is 13.4 Å². The number of rotatable bonds is 5. The lowest BCUT2D eigenvalue weighted by molar-refractivity contribution is -0.380. The molecule has 8 nitrogen and oxygen atoms in total. The first-order valence-electron chi connectivity index (χ1n) is 5.40. The molecule has 11 heteroatoms. The van der Waals surface area contributed by atoms with Crippen molar-refractivity contribution in [1.29, 1.82) is 0 Å². The van der Waals surface area contributed by atoms with Crippen molar-refractivity contribution in [2.75, 3.05) is 16.3 Å². The van der Waals surface area contributed by atoms with Gasteiger partial charge in [-0.2, -0.15) is 0 Å². The quantitative estimate of drug-likeness (QED) is 0.634. The van der Waals surface area contributed by atoms with E-state index in [1.807, 2.05) is 0 Å². The molecule has 0 fully saturated rings. The molecule has 21 heavy (non-hydrogen) atoms. The van der Waals surface area contributed by atoms with E-state index in [1.165, 1.54) is 0 Å². The van der Waals surface area contributed by atoms with E-state index >= 15 is 0 Å². The van der Waals surface area contributed by atoms with Crippen LogP contribution >= 0.6 is 22.9 Å². The predicted octanol–water partition coefficient (Wildman–Crippen LogP) is 2.82. The highest BCUT2D eigenvalue weighted by molar-refractivity contribution is 7.92. The lowest BCUT2D eigenvalue weighted by Crippen LogP contribution is -2.09. The van der Waals surface area contributed by atoms with Crippen LogP contribution in [-0.4, -0.2) is 24.6 Å². The molecule has 112 valence electrons. The fourth-order valence-corrected chi connectivity index (χ4v) is 3.00. The maximum atomic E-state index is 11.1. The Morgan fingerprint density at radius 1 is 1.29 bits per heavy atom.